The summed E-state index contributed by atoms with van der Waals surface area (Å²) in [6.45, 7) is 12.7. The van der Waals surface area contributed by atoms with Crippen LogP contribution in [-0.2, 0) is 87.5 Å². The number of aromatic nitrogens is 1. The lowest BCUT2D eigenvalue weighted by Crippen LogP contribution is -2.65. The molecule has 4 fully saturated rings. The number of aliphatic hydroxyl groups is 5. The van der Waals surface area contributed by atoms with Gasteiger partial charge in [-0.3, -0.25) is 38.9 Å². The van der Waals surface area contributed by atoms with Crippen molar-refractivity contribution in [3.05, 3.63) is 164 Å². The summed E-state index contributed by atoms with van der Waals surface area (Å²) in [6, 6.07) is 21.2. The Morgan fingerprint density at radius 3 is 2.05 bits per heavy atom. The van der Waals surface area contributed by atoms with Crippen LogP contribution in [0.15, 0.2) is 137 Å². The number of unbranched alkanes of at least 4 members (excludes halogenated alkanes) is 1. The number of ether oxygens (including phenoxy) is 14. The molecule has 146 heavy (non-hydrogen) atoms. The number of allylic oxidation sites excluding steroid dienone is 3. The van der Waals surface area contributed by atoms with Crippen LogP contribution in [0.4, 0.5) is 24.9 Å². The van der Waals surface area contributed by atoms with Crippen LogP contribution in [0.3, 0.4) is 0 Å². The molecule has 12 rings (SSSR count). The Kier molecular flexibility index (Phi) is 42.1. The van der Waals surface area contributed by atoms with Crippen molar-refractivity contribution >= 4 is 120 Å². The molecule has 1 aromatic heterocycles. The molecule has 0 saturated carbocycles. The number of ketones is 1. The average molecular weight is 2200 g/mol. The number of amides is 9. The fourth-order valence-electron chi connectivity index (χ4n) is 18.0. The molecule has 790 valence electrons. The summed E-state index contributed by atoms with van der Waals surface area (Å²) in [6.07, 6.45) is -15.8. The van der Waals surface area contributed by atoms with Gasteiger partial charge in [0.15, 0.2) is 41.8 Å². The van der Waals surface area contributed by atoms with E-state index in [1.54, 1.807) is 91.1 Å². The Bertz CT molecular complexity index is 5620. The number of nitrogens with one attached hydrogen (secondary N) is 8. The van der Waals surface area contributed by atoms with Crippen molar-refractivity contribution in [2.75, 3.05) is 79.5 Å². The van der Waals surface area contributed by atoms with Gasteiger partial charge >= 0.3 is 24.3 Å². The van der Waals surface area contributed by atoms with Gasteiger partial charge in [0.2, 0.25) is 40.8 Å². The van der Waals surface area contributed by atoms with E-state index in [0.717, 1.165) is 41.1 Å². The molecule has 4 saturated heterocycles. The van der Waals surface area contributed by atoms with Gasteiger partial charge in [0.05, 0.1) is 97.0 Å². The van der Waals surface area contributed by atoms with Gasteiger partial charge in [-0.2, -0.15) is 5.48 Å². The van der Waals surface area contributed by atoms with Crippen LogP contribution < -0.4 is 62.6 Å². The van der Waals surface area contributed by atoms with E-state index < -0.39 is 205 Å². The number of methoxy groups -OCH3 is 5. The van der Waals surface area contributed by atoms with Crippen LogP contribution in [-0.4, -0.2) is 302 Å². The first-order chi connectivity index (χ1) is 70.0. The third-order valence-electron chi connectivity index (χ3n) is 25.6. The van der Waals surface area contributed by atoms with Crippen LogP contribution in [0, 0.1) is 40.1 Å². The minimum absolute atomic E-state index is 0.00914. The lowest BCUT2D eigenvalue weighted by atomic mass is 9.75. The van der Waals surface area contributed by atoms with E-state index in [4.69, 9.17) is 76.9 Å². The molecule has 0 unspecified atom stereocenters. The van der Waals surface area contributed by atoms with E-state index in [9.17, 15) is 73.5 Å². The van der Waals surface area contributed by atoms with Crippen molar-refractivity contribution in [3.63, 3.8) is 0 Å². The number of nitrogens with zero attached hydrogens (tertiary/aromatic N) is 2. The molecule has 7 aliphatic rings. The fourth-order valence-corrected chi connectivity index (χ4v) is 21.5. The first kappa shape index (κ1) is 114. The zero-order valence-electron chi connectivity index (χ0n) is 82.9. The largest absolute Gasteiger partial charge is 0.492 e. The predicted molar refractivity (Wildman–Crippen MR) is 543 cm³/mol. The van der Waals surface area contributed by atoms with Gasteiger partial charge in [0, 0.05) is 88.3 Å². The first-order valence-electron chi connectivity index (χ1n) is 47.7. The number of likely N-dealkylation sites (N-methyl/N-ethyl adjacent to an activating group) is 1. The second kappa shape index (κ2) is 53.9. The van der Waals surface area contributed by atoms with Crippen molar-refractivity contribution in [2.24, 2.45) is 11.7 Å². The van der Waals surface area contributed by atoms with Gasteiger partial charge in [-0.1, -0.05) is 133 Å². The average Bonchev–Trinajstić information content (AvgIpc) is 1.36. The molecule has 0 spiro atoms. The molecule has 4 aromatic carbocycles. The normalized spacial score (nSPS) is 26.1. The molecule has 15 N–H and O–H groups in total. The number of halogens is 1. The summed E-state index contributed by atoms with van der Waals surface area (Å²) >= 11 is 2.75. The van der Waals surface area contributed by atoms with Gasteiger partial charge in [0.1, 0.15) is 73.0 Å². The van der Waals surface area contributed by atoms with Gasteiger partial charge in [-0.05, 0) is 176 Å². The Morgan fingerprint density at radius 2 is 1.40 bits per heavy atom. The van der Waals surface area contributed by atoms with E-state index in [0.29, 0.717) is 32.6 Å². The number of nitrogens with two attached hydrogens (primary N) is 1. The van der Waals surface area contributed by atoms with Crippen molar-refractivity contribution in [3.8, 4) is 52.1 Å². The summed E-state index contributed by atoms with van der Waals surface area (Å²) in [7, 11) is 9.16. The second-order valence-corrected chi connectivity index (χ2v) is 40.3. The Hall–Kier alpha value is -10.7. The molecule has 5 heterocycles. The number of hydrogen-bond donors (Lipinski definition) is 14. The van der Waals surface area contributed by atoms with E-state index in [1.807, 2.05) is 83.3 Å². The lowest BCUT2D eigenvalue weighted by Gasteiger charge is -2.47. The number of pyridine rings is 1. The first-order valence-corrected chi connectivity index (χ1v) is 52.0. The summed E-state index contributed by atoms with van der Waals surface area (Å²) in [5.41, 5.74) is 11.1. The predicted octanol–water partition coefficient (Wildman–Crippen LogP) is 7.65. The molecule has 9 amide bonds. The smallest absolute Gasteiger partial charge is 0.411 e. The number of urea groups is 1. The molecular formula is C101H126IN11O30S3. The zero-order valence-corrected chi connectivity index (χ0v) is 87.5. The van der Waals surface area contributed by atoms with E-state index in [-0.39, 0.29) is 129 Å². The summed E-state index contributed by atoms with van der Waals surface area (Å²) in [5.74, 6) is 7.66. The maximum absolute atomic E-state index is 14.7. The molecule has 5 aromatic rings. The van der Waals surface area contributed by atoms with Crippen LogP contribution in [0.25, 0.3) is 11.1 Å². The topological polar surface area (TPSA) is 549 Å². The summed E-state index contributed by atoms with van der Waals surface area (Å²) in [5, 5.41) is 77.6. The Labute approximate surface area is 871 Å². The zero-order chi connectivity index (χ0) is 105. The number of alkyl carbamates (subject to hydrolysis) is 2. The number of hydroxylamine groups is 1. The molecule has 3 aliphatic carbocycles. The molecule has 4 aliphatic heterocycles. The minimum Gasteiger partial charge on any atom is -0.492 e. The Morgan fingerprint density at radius 1 is 0.712 bits per heavy atom. The maximum atomic E-state index is 14.7. The van der Waals surface area contributed by atoms with Gasteiger partial charge < -0.3 is 134 Å². The quantitative estimate of drug-likeness (QED) is 0.00445. The molecule has 0 radical (unpaired) electrons. The molecular weight excluding hydrogens is 2070 g/mol. The number of rotatable bonds is 43. The number of carbonyl (C=O) groups is 10. The molecule has 45 heteroatoms. The van der Waals surface area contributed by atoms with E-state index in [2.05, 4.69) is 71.4 Å². The third kappa shape index (κ3) is 28.8. The SMILES string of the molecule is CCN(C(=O)OCc1ccc(NC(=O)[C@H](CCCNC(N)=O)NC(=O)[C@@H](NC(=O)[C@H](CCCCNC(=O)OCC2c3ccccc3-c3ccccc32)NC(C)=O)C(C)C)cc1)[C@H]1CO[C@@H](O[C@H]2[C@H](O[C@H]3C#CC=CC#C[C@]4(O)CC(=O)C(NC(=O)OC)=C3/C4=C\CSSc3ccccn3)O[C@H](C)[C@@H](NO[C@H]3C[C@H](O)[C@H](SC(=O)c4c(C)c(I)c(O[C@@H]5O[C@@H](C)[C@H](O)[C@@H](OC)[C@H]5O)c(OC)c4OC)[C@@H](C)O3)[C@@H]2O)C[C@@H]1OC. The van der Waals surface area contributed by atoms with Crippen LogP contribution in [0.5, 0.6) is 17.2 Å². The molecule has 2 bridgehead atoms. The number of anilines is 1. The van der Waals surface area contributed by atoms with Gasteiger partial charge in [-0.25, -0.2) is 24.2 Å². The van der Waals surface area contributed by atoms with Gasteiger partial charge in [0.25, 0.3) is 0 Å². The van der Waals surface area contributed by atoms with E-state index >= 15 is 0 Å². The monoisotopic (exact) mass is 2200 g/mol. The highest BCUT2D eigenvalue weighted by molar-refractivity contribution is 14.1. The van der Waals surface area contributed by atoms with Crippen LogP contribution >= 0.6 is 55.9 Å². The van der Waals surface area contributed by atoms with Crippen molar-refractivity contribution < 1.29 is 145 Å². The number of primary amides is 1. The Balaban J connectivity index is 0.704. The fraction of sp³-hybridized carbons (Fsp3) is 0.515. The third-order valence-corrected chi connectivity index (χ3v) is 30.4. The second-order valence-electron chi connectivity index (χ2n) is 35.7. The minimum atomic E-state index is -2.22. The number of fused-ring (bicyclic) bond motifs is 5. The van der Waals surface area contributed by atoms with Crippen molar-refractivity contribution in [1.82, 2.24) is 47.3 Å². The highest BCUT2D eigenvalue weighted by Crippen LogP contribution is 2.51. The maximum Gasteiger partial charge on any atom is 0.411 e. The highest BCUT2D eigenvalue weighted by atomic mass is 127. The van der Waals surface area contributed by atoms with Crippen molar-refractivity contribution in [2.45, 2.75) is 258 Å². The number of Topliss-reactive ketones (excluding diaryl/α,β-unsaturated/α-hetero) is 1. The van der Waals surface area contributed by atoms with Crippen LogP contribution in [0.2, 0.25) is 0 Å². The molecule has 22 atom stereocenters. The number of thioether (sulfide) groups is 1. The standard InChI is InChI=1S/C101H126IN11O30S3/c1-14-113(100(127)136-49-58-36-38-59(39-37-58)108-91(120)67(33-27-44-105-97(103)124)109-93(122)79(52(2)3)110-92(121)66(107-57(8)114)32-22-25-43-106-98(125)135-50-64-62-30-20-18-28-60(62)61-29-19-21-31-63(61)64)68-51-134-74(47-72(68)129-9)141-88-83(118)80(54(5)138-96(88)140-71-34-17-15-16-24-41-101(128)48-70(116)81(111-99(126)133-13)77(71)65(101)40-45-144-146-73-35-23-26-42-104-73)112-143-75-46-69(115)90(56(7)137-75)145-94(123)76-53(4)78(102)86(89(132-12)85(76)130-10)142-95-84(119)87(131-11)82(117)55(6)139-95/h15-16,18-21,23,26,28-31,35-40,42,52,54-56,64,66-69,71-72,74-75,79-80,82-84,87-88,90,95-96,112,115,117-119,128H,14,22,25,27,32-33,43-51H2,1-13H3,(H,106,125)(H,107,114)(H,108,120)(H,109,122)(H,110,121)(H,111,126)(H3,103,105,124)/b16-15?,65-40+/t54-,55+,56-,66+,67+,68+,69+,71+,72+,74+,75+,79+,80-,82+,83+,84-,87-,88-,90-,95+,96+,101+/m1/s1. The van der Waals surface area contributed by atoms with Gasteiger partial charge in [-0.15, -0.1) is 0 Å². The summed E-state index contributed by atoms with van der Waals surface area (Å²) in [4.78, 5) is 149. The number of benzene rings is 4. The number of carbonyl (C=O) groups excluding carboxylic acids is 10. The summed E-state index contributed by atoms with van der Waals surface area (Å²) < 4.78 is 85.6. The van der Waals surface area contributed by atoms with Crippen molar-refractivity contribution in [1.29, 1.82) is 0 Å². The lowest BCUT2D eigenvalue weighted by molar-refractivity contribution is -0.337. The highest BCUT2D eigenvalue weighted by Gasteiger charge is 2.54. The van der Waals surface area contributed by atoms with Crippen LogP contribution in [0.1, 0.15) is 138 Å². The molecule has 41 nitrogen and oxygen atoms in total. The number of hydrogen-bond acceptors (Lipinski definition) is 35. The number of aliphatic hydroxyl groups excluding tert-OH is 4. The van der Waals surface area contributed by atoms with E-state index in [1.165, 1.54) is 74.0 Å².